The van der Waals surface area contributed by atoms with Gasteiger partial charge in [0.05, 0.1) is 39.6 Å². The Hall–Kier alpha value is -5.50. The molecule has 2 aromatic carbocycles. The Kier molecular flexibility index (Phi) is 10.9. The van der Waals surface area contributed by atoms with E-state index in [0.717, 1.165) is 0 Å². The van der Waals surface area contributed by atoms with E-state index < -0.39 is 18.2 Å². The van der Waals surface area contributed by atoms with E-state index >= 15 is 0 Å². The largest absolute Gasteiger partial charge is 0.497 e. The molecule has 0 saturated heterocycles. The molecule has 14 nitrogen and oxygen atoms in total. The molecule has 0 heterocycles. The quantitative estimate of drug-likeness (QED) is 0.128. The van der Waals surface area contributed by atoms with E-state index in [0.29, 0.717) is 34.1 Å². The molecule has 2 aromatic rings. The van der Waals surface area contributed by atoms with Gasteiger partial charge in [-0.1, -0.05) is 0 Å². The maximum absolute atomic E-state index is 12.7. The van der Waals surface area contributed by atoms with E-state index in [4.69, 9.17) is 25.5 Å². The van der Waals surface area contributed by atoms with Gasteiger partial charge in [-0.3, -0.25) is 30.5 Å². The van der Waals surface area contributed by atoms with Crippen molar-refractivity contribution in [1.29, 1.82) is 5.26 Å². The average Bonchev–Trinajstić information content (AvgIpc) is 2.93. The number of nitrogens with zero attached hydrogens (tertiary/aromatic N) is 6. The zero-order chi connectivity index (χ0) is 28.9. The van der Waals surface area contributed by atoms with Crippen molar-refractivity contribution in [2.75, 3.05) is 42.5 Å². The van der Waals surface area contributed by atoms with Crippen LogP contribution in [0.3, 0.4) is 0 Å². The summed E-state index contributed by atoms with van der Waals surface area (Å²) in [5.41, 5.74) is 5.75. The highest BCUT2D eigenvalue weighted by molar-refractivity contribution is 6.05. The lowest BCUT2D eigenvalue weighted by molar-refractivity contribution is -0.132. The predicted molar refractivity (Wildman–Crippen MR) is 141 cm³/mol. The zero-order valence-corrected chi connectivity index (χ0v) is 22.3. The van der Waals surface area contributed by atoms with Crippen molar-refractivity contribution < 1.29 is 28.5 Å². The Bertz CT molecular complexity index is 1240. The van der Waals surface area contributed by atoms with E-state index in [9.17, 15) is 14.9 Å². The molecular formula is C25H28N8O6. The number of hydrogen-bond acceptors (Lipinski definition) is 9. The molecule has 0 aromatic heterocycles. The number of rotatable bonds is 8. The number of hydrazine groups is 2. The molecule has 0 spiro atoms. The van der Waals surface area contributed by atoms with Crippen LogP contribution < -0.4 is 29.8 Å². The fraction of sp³-hybridized carbons (Fsp3) is 0.280. The van der Waals surface area contributed by atoms with E-state index in [1.54, 1.807) is 42.6 Å². The van der Waals surface area contributed by atoms with Crippen LogP contribution in [0.5, 0.6) is 23.0 Å². The molecule has 0 fully saturated rings. The summed E-state index contributed by atoms with van der Waals surface area (Å²) in [6, 6.07) is 9.77. The first-order valence-corrected chi connectivity index (χ1v) is 11.1. The van der Waals surface area contributed by atoms with Gasteiger partial charge in [-0.25, -0.2) is 0 Å². The van der Waals surface area contributed by atoms with Gasteiger partial charge in [0.15, 0.2) is 5.84 Å². The topological polar surface area (TPSA) is 154 Å². The highest BCUT2D eigenvalue weighted by Crippen LogP contribution is 2.26. The van der Waals surface area contributed by atoms with Crippen LogP contribution in [0.4, 0.5) is 0 Å². The molecule has 0 aliphatic carbocycles. The second-order valence-electron chi connectivity index (χ2n) is 7.56. The number of amidine groups is 2. The van der Waals surface area contributed by atoms with Gasteiger partial charge in [-0.2, -0.15) is 16.8 Å². The van der Waals surface area contributed by atoms with Crippen molar-refractivity contribution in [3.05, 3.63) is 59.1 Å². The van der Waals surface area contributed by atoms with Gasteiger partial charge in [-0.05, 0) is 36.4 Å². The molecule has 0 bridgehead atoms. The molecule has 39 heavy (non-hydrogen) atoms. The van der Waals surface area contributed by atoms with E-state index in [-0.39, 0.29) is 11.7 Å². The molecule has 2 N–H and O–H groups in total. The fourth-order valence-corrected chi connectivity index (χ4v) is 3.39. The number of methoxy groups -OCH3 is 4. The highest BCUT2D eigenvalue weighted by Gasteiger charge is 2.23. The van der Waals surface area contributed by atoms with Crippen LogP contribution in [0, 0.1) is 18.0 Å². The van der Waals surface area contributed by atoms with E-state index in [1.807, 2.05) is 0 Å². The number of benzene rings is 2. The van der Waals surface area contributed by atoms with Crippen LogP contribution in [0.15, 0.2) is 46.5 Å². The predicted octanol–water partition coefficient (Wildman–Crippen LogP) is 1.55. The Labute approximate surface area is 225 Å². The number of ether oxygens (including phenoxy) is 4. The molecule has 0 radical (unpaired) electrons. The van der Waals surface area contributed by atoms with Gasteiger partial charge in [0.2, 0.25) is 23.8 Å². The molecule has 0 unspecified atom stereocenters. The molecule has 0 saturated carbocycles. The second-order valence-corrected chi connectivity index (χ2v) is 7.56. The number of amides is 2. The number of hydrogen-bond donors (Lipinski definition) is 2. The maximum Gasteiger partial charge on any atom is 0.248 e. The number of nitrogens with one attached hydrogen (secondary N) is 2. The normalized spacial score (nSPS) is 10.9. The van der Waals surface area contributed by atoms with Crippen LogP contribution >= 0.6 is 0 Å². The minimum Gasteiger partial charge on any atom is -0.497 e. The van der Waals surface area contributed by atoms with Crippen LogP contribution in [-0.4, -0.2) is 76.0 Å². The summed E-state index contributed by atoms with van der Waals surface area (Å²) < 4.78 is 21.1. The van der Waals surface area contributed by atoms with Crippen molar-refractivity contribution in [2.45, 2.75) is 6.42 Å². The minimum atomic E-state index is -0.710. The van der Waals surface area contributed by atoms with Crippen molar-refractivity contribution in [2.24, 2.45) is 10.1 Å². The number of nitriles is 1. The Balaban J connectivity index is 2.17. The first kappa shape index (κ1) is 29.7. The summed E-state index contributed by atoms with van der Waals surface area (Å²) in [5.74, 6) is 0.409. The fourth-order valence-electron chi connectivity index (χ4n) is 3.39. The first-order valence-electron chi connectivity index (χ1n) is 11.1. The summed E-state index contributed by atoms with van der Waals surface area (Å²) in [5, 5.41) is 15.4. The van der Waals surface area contributed by atoms with Gasteiger partial charge in [-0.15, -0.1) is 4.95 Å². The minimum absolute atomic E-state index is 0.0516. The van der Waals surface area contributed by atoms with Crippen LogP contribution in [0.2, 0.25) is 0 Å². The summed E-state index contributed by atoms with van der Waals surface area (Å²) in [6.07, 6.45) is 1.08. The molecule has 0 atom stereocenters. The Morgan fingerprint density at radius 2 is 1.33 bits per heavy atom. The van der Waals surface area contributed by atoms with Crippen molar-refractivity contribution in [1.82, 2.24) is 20.9 Å². The monoisotopic (exact) mass is 536 g/mol. The van der Waals surface area contributed by atoms with E-state index in [1.165, 1.54) is 52.6 Å². The van der Waals surface area contributed by atoms with Gasteiger partial charge >= 0.3 is 0 Å². The van der Waals surface area contributed by atoms with E-state index in [2.05, 4.69) is 25.9 Å². The van der Waals surface area contributed by atoms with Crippen LogP contribution in [-0.2, 0) is 9.59 Å². The summed E-state index contributed by atoms with van der Waals surface area (Å²) in [4.78, 5) is 32.2. The second kappa shape index (κ2) is 14.3. The van der Waals surface area contributed by atoms with Gasteiger partial charge < -0.3 is 18.9 Å². The smallest absolute Gasteiger partial charge is 0.248 e. The third kappa shape index (κ3) is 7.74. The van der Waals surface area contributed by atoms with Gasteiger partial charge in [0.1, 0.15) is 34.5 Å². The summed E-state index contributed by atoms with van der Waals surface area (Å²) in [7, 11) is 8.76. The maximum atomic E-state index is 12.7. The zero-order valence-electron chi connectivity index (χ0n) is 22.3. The molecule has 0 aliphatic heterocycles. The Morgan fingerprint density at radius 1 is 0.872 bits per heavy atom. The van der Waals surface area contributed by atoms with Crippen molar-refractivity contribution in [3.8, 4) is 29.2 Å². The first-order chi connectivity index (χ1) is 18.7. The SMILES string of the molecule is [C-]#[N+]/N=C(\c1cc(OC)ccc1OC)N(C)NC(=O)CC(=O)NN(C)C(=NC#N)c1cc(OC)ccc1OC. The lowest BCUT2D eigenvalue weighted by Gasteiger charge is -2.23. The third-order valence-electron chi connectivity index (χ3n) is 5.14. The number of carbonyl (C=O) groups is 2. The molecular weight excluding hydrogens is 508 g/mol. The number of carbonyl (C=O) groups excluding carboxylic acids is 2. The summed E-state index contributed by atoms with van der Waals surface area (Å²) in [6.45, 7) is 7.18. The Morgan fingerprint density at radius 3 is 1.74 bits per heavy atom. The molecule has 14 heteroatoms. The lowest BCUT2D eigenvalue weighted by atomic mass is 10.1. The molecule has 2 rings (SSSR count). The average molecular weight is 537 g/mol. The lowest BCUT2D eigenvalue weighted by Crippen LogP contribution is -2.48. The van der Waals surface area contributed by atoms with Crippen LogP contribution in [0.1, 0.15) is 17.5 Å². The molecule has 0 aliphatic rings. The summed E-state index contributed by atoms with van der Waals surface area (Å²) >= 11 is 0. The van der Waals surface area contributed by atoms with Gasteiger partial charge in [0, 0.05) is 14.1 Å². The highest BCUT2D eigenvalue weighted by atomic mass is 16.5. The standard InChI is InChI=1S/C25H28N8O6/c1-27-29-25(19-13-17(37-5)9-11-21(19)39-7)33(3)31-23(35)14-22(34)30-32(2)24(28-15-26)18-12-16(36-4)8-10-20(18)38-6/h8-13H,14H2,2-7H3,(H,30,34)(H,31,35)/b28-24?,29-25+. The van der Waals surface area contributed by atoms with Crippen molar-refractivity contribution in [3.63, 3.8) is 0 Å². The van der Waals surface area contributed by atoms with Gasteiger partial charge in [0.25, 0.3) is 0 Å². The molecule has 2 amide bonds. The third-order valence-corrected chi connectivity index (χ3v) is 5.14. The number of aliphatic imine (C=N–C) groups is 1. The molecule has 204 valence electrons. The van der Waals surface area contributed by atoms with Crippen molar-refractivity contribution >= 4 is 23.5 Å². The van der Waals surface area contributed by atoms with Crippen LogP contribution in [0.25, 0.3) is 4.95 Å².